The van der Waals surface area contributed by atoms with Gasteiger partial charge in [0, 0.05) is 16.7 Å². The number of benzene rings is 1. The monoisotopic (exact) mass is 327 g/mol. The third-order valence-electron chi connectivity index (χ3n) is 5.40. The van der Waals surface area contributed by atoms with Crippen molar-refractivity contribution in [2.45, 2.75) is 51.4 Å². The van der Waals surface area contributed by atoms with E-state index in [0.29, 0.717) is 17.1 Å². The number of nitrogens with zero attached hydrogens (tertiary/aromatic N) is 3. The lowest BCUT2D eigenvalue weighted by Crippen LogP contribution is -2.33. The average molecular weight is 327 g/mol. The highest BCUT2D eigenvalue weighted by atomic mass is 19.1. The van der Waals surface area contributed by atoms with Crippen LogP contribution in [0.2, 0.25) is 0 Å². The summed E-state index contributed by atoms with van der Waals surface area (Å²) < 4.78 is 28.9. The molecule has 2 aliphatic rings. The van der Waals surface area contributed by atoms with Gasteiger partial charge in [0.05, 0.1) is 6.20 Å². The minimum atomic E-state index is -0.534. The molecule has 5 heteroatoms. The zero-order valence-corrected chi connectivity index (χ0v) is 13.9. The Hall–Kier alpha value is -2.17. The van der Waals surface area contributed by atoms with Gasteiger partial charge in [0.1, 0.15) is 23.0 Å². The molecule has 3 nitrogen and oxygen atoms in total. The van der Waals surface area contributed by atoms with E-state index in [2.05, 4.69) is 15.0 Å². The third-order valence-corrected chi connectivity index (χ3v) is 5.40. The molecular weight excluding hydrogens is 308 g/mol. The molecule has 1 spiro atoms. The van der Waals surface area contributed by atoms with E-state index >= 15 is 0 Å². The van der Waals surface area contributed by atoms with E-state index in [1.165, 1.54) is 12.5 Å². The number of hydrogen-bond acceptors (Lipinski definition) is 3. The predicted molar refractivity (Wildman–Crippen MR) is 89.7 cm³/mol. The minimum Gasteiger partial charge on any atom is -0.254 e. The largest absolute Gasteiger partial charge is 0.254 e. The molecule has 0 amide bonds. The number of rotatable bonds is 1. The SMILES string of the molecule is CC1=Nc2c(F)cc(-c3nc(C)ncc3F)cc2C12CCCCC2. The molecule has 1 saturated carbocycles. The summed E-state index contributed by atoms with van der Waals surface area (Å²) in [6, 6.07) is 3.22. The van der Waals surface area contributed by atoms with Gasteiger partial charge in [-0.15, -0.1) is 0 Å². The summed E-state index contributed by atoms with van der Waals surface area (Å²) in [4.78, 5) is 12.5. The second-order valence-electron chi connectivity index (χ2n) is 6.81. The number of halogens is 2. The van der Waals surface area contributed by atoms with Gasteiger partial charge >= 0.3 is 0 Å². The topological polar surface area (TPSA) is 38.1 Å². The van der Waals surface area contributed by atoms with Crippen molar-refractivity contribution in [3.05, 3.63) is 41.4 Å². The van der Waals surface area contributed by atoms with Crippen molar-refractivity contribution in [2.75, 3.05) is 0 Å². The van der Waals surface area contributed by atoms with Crippen molar-refractivity contribution < 1.29 is 8.78 Å². The van der Waals surface area contributed by atoms with Crippen LogP contribution in [-0.2, 0) is 5.41 Å². The Morgan fingerprint density at radius 1 is 1.00 bits per heavy atom. The Morgan fingerprint density at radius 3 is 2.50 bits per heavy atom. The molecule has 0 unspecified atom stereocenters. The van der Waals surface area contributed by atoms with Crippen LogP contribution in [0.4, 0.5) is 14.5 Å². The summed E-state index contributed by atoms with van der Waals surface area (Å²) in [6.07, 6.45) is 6.51. The Balaban J connectivity index is 1.91. The maximum absolute atomic E-state index is 14.7. The van der Waals surface area contributed by atoms with Crippen molar-refractivity contribution in [3.63, 3.8) is 0 Å². The molecule has 124 valence electrons. The molecule has 1 fully saturated rings. The standard InChI is InChI=1S/C19H19F2N3/c1-11-19(6-4-3-5-7-19)14-8-13(9-15(20)18(14)23-11)17-16(21)10-22-12(2)24-17/h8-10H,3-7H2,1-2H3. The molecule has 0 bridgehead atoms. The van der Waals surface area contributed by atoms with Crippen LogP contribution in [0, 0.1) is 18.6 Å². The molecule has 0 N–H and O–H groups in total. The van der Waals surface area contributed by atoms with Crippen LogP contribution in [0.25, 0.3) is 11.3 Å². The summed E-state index contributed by atoms with van der Waals surface area (Å²) >= 11 is 0. The van der Waals surface area contributed by atoms with Crippen LogP contribution in [0.5, 0.6) is 0 Å². The van der Waals surface area contributed by atoms with Gasteiger partial charge in [0.15, 0.2) is 5.82 Å². The second kappa shape index (κ2) is 5.43. The van der Waals surface area contributed by atoms with E-state index in [9.17, 15) is 8.78 Å². The van der Waals surface area contributed by atoms with Gasteiger partial charge in [-0.25, -0.2) is 18.7 Å². The fraction of sp³-hybridized carbons (Fsp3) is 0.421. The van der Waals surface area contributed by atoms with E-state index in [1.807, 2.05) is 13.0 Å². The number of aryl methyl sites for hydroxylation is 1. The molecule has 1 aromatic carbocycles. The third kappa shape index (κ3) is 2.18. The summed E-state index contributed by atoms with van der Waals surface area (Å²) in [6.45, 7) is 3.68. The number of hydrogen-bond donors (Lipinski definition) is 0. The Morgan fingerprint density at radius 2 is 1.75 bits per heavy atom. The first kappa shape index (κ1) is 15.4. The number of fused-ring (bicyclic) bond motifs is 2. The van der Waals surface area contributed by atoms with Crippen LogP contribution < -0.4 is 0 Å². The van der Waals surface area contributed by atoms with Crippen molar-refractivity contribution >= 4 is 11.4 Å². The van der Waals surface area contributed by atoms with E-state index in [1.54, 1.807) is 6.92 Å². The van der Waals surface area contributed by atoms with E-state index in [4.69, 9.17) is 0 Å². The lowest BCUT2D eigenvalue weighted by Gasteiger charge is -2.35. The first-order valence-corrected chi connectivity index (χ1v) is 8.40. The summed E-state index contributed by atoms with van der Waals surface area (Å²) in [5.41, 5.74) is 2.72. The molecule has 0 atom stereocenters. The molecule has 1 aliphatic carbocycles. The maximum Gasteiger partial charge on any atom is 0.167 e. The van der Waals surface area contributed by atoms with Crippen LogP contribution in [0.15, 0.2) is 23.3 Å². The highest BCUT2D eigenvalue weighted by molar-refractivity contribution is 6.01. The van der Waals surface area contributed by atoms with Gasteiger partial charge in [-0.2, -0.15) is 0 Å². The lowest BCUT2D eigenvalue weighted by atomic mass is 9.67. The first-order valence-electron chi connectivity index (χ1n) is 8.40. The average Bonchev–Trinajstić information content (AvgIpc) is 2.84. The second-order valence-corrected chi connectivity index (χ2v) is 6.81. The van der Waals surface area contributed by atoms with Gasteiger partial charge in [-0.1, -0.05) is 19.3 Å². The van der Waals surface area contributed by atoms with Crippen molar-refractivity contribution in [1.29, 1.82) is 0 Å². The van der Waals surface area contributed by atoms with Gasteiger partial charge in [-0.05, 0) is 44.4 Å². The first-order chi connectivity index (χ1) is 11.5. The van der Waals surface area contributed by atoms with E-state index in [-0.39, 0.29) is 11.1 Å². The predicted octanol–water partition coefficient (Wildman–Crippen LogP) is 5.04. The van der Waals surface area contributed by atoms with E-state index in [0.717, 1.165) is 43.2 Å². The highest BCUT2D eigenvalue weighted by Gasteiger charge is 2.43. The van der Waals surface area contributed by atoms with Crippen LogP contribution in [0.3, 0.4) is 0 Å². The summed E-state index contributed by atoms with van der Waals surface area (Å²) in [7, 11) is 0. The quantitative estimate of drug-likeness (QED) is 0.736. The Labute approximate surface area is 139 Å². The molecule has 1 aromatic heterocycles. The molecular formula is C19H19F2N3. The fourth-order valence-electron chi connectivity index (χ4n) is 4.13. The van der Waals surface area contributed by atoms with Gasteiger partial charge in [0.2, 0.25) is 0 Å². The van der Waals surface area contributed by atoms with Gasteiger partial charge < -0.3 is 0 Å². The molecule has 2 heterocycles. The number of aliphatic imine (C=N–C) groups is 1. The van der Waals surface area contributed by atoms with Gasteiger partial charge in [-0.3, -0.25) is 4.99 Å². The molecule has 1 aliphatic heterocycles. The van der Waals surface area contributed by atoms with Crippen molar-refractivity contribution in [3.8, 4) is 11.3 Å². The molecule has 24 heavy (non-hydrogen) atoms. The fourth-order valence-corrected chi connectivity index (χ4v) is 4.13. The van der Waals surface area contributed by atoms with Crippen LogP contribution in [0.1, 0.15) is 50.4 Å². The lowest BCUT2D eigenvalue weighted by molar-refractivity contribution is 0.384. The Kier molecular flexibility index (Phi) is 3.48. The Bertz CT molecular complexity index is 852. The van der Waals surface area contributed by atoms with Gasteiger partial charge in [0.25, 0.3) is 0 Å². The molecule has 2 aromatic rings. The minimum absolute atomic E-state index is 0.153. The molecule has 0 radical (unpaired) electrons. The van der Waals surface area contributed by atoms with Crippen molar-refractivity contribution in [1.82, 2.24) is 9.97 Å². The highest BCUT2D eigenvalue weighted by Crippen LogP contribution is 2.50. The van der Waals surface area contributed by atoms with Crippen molar-refractivity contribution in [2.24, 2.45) is 4.99 Å². The summed E-state index contributed by atoms with van der Waals surface area (Å²) in [5.74, 6) is -0.472. The summed E-state index contributed by atoms with van der Waals surface area (Å²) in [5, 5.41) is 0. The smallest absolute Gasteiger partial charge is 0.167 e. The normalized spacial score (nSPS) is 18.6. The number of aromatic nitrogens is 2. The van der Waals surface area contributed by atoms with E-state index < -0.39 is 11.6 Å². The maximum atomic E-state index is 14.7. The zero-order chi connectivity index (χ0) is 16.9. The van der Waals surface area contributed by atoms with Crippen LogP contribution >= 0.6 is 0 Å². The zero-order valence-electron chi connectivity index (χ0n) is 13.9. The molecule has 4 rings (SSSR count). The molecule has 0 saturated heterocycles. The van der Waals surface area contributed by atoms with Crippen LogP contribution in [-0.4, -0.2) is 15.7 Å².